The van der Waals surface area contributed by atoms with Crippen molar-refractivity contribution in [2.45, 2.75) is 5.50 Å². The van der Waals surface area contributed by atoms with Crippen molar-refractivity contribution in [2.24, 2.45) is 0 Å². The highest BCUT2D eigenvalue weighted by molar-refractivity contribution is 6.32. The molecule has 1 saturated heterocycles. The average molecular weight is 211 g/mol. The predicted octanol–water partition coefficient (Wildman–Crippen LogP) is 1.19. The molecular weight excluding hydrogens is 200 g/mol. The van der Waals surface area contributed by atoms with Crippen LogP contribution in [0.3, 0.4) is 0 Å². The zero-order chi connectivity index (χ0) is 9.97. The van der Waals surface area contributed by atoms with Gasteiger partial charge in [0.2, 0.25) is 0 Å². The van der Waals surface area contributed by atoms with Gasteiger partial charge in [-0.05, 0) is 12.1 Å². The Morgan fingerprint density at radius 1 is 1.36 bits per heavy atom. The van der Waals surface area contributed by atoms with Crippen molar-refractivity contribution in [2.75, 3.05) is 18.0 Å². The molecule has 0 radical (unpaired) electrons. The van der Waals surface area contributed by atoms with Crippen LogP contribution in [-0.2, 0) is 4.79 Å². The van der Waals surface area contributed by atoms with Crippen molar-refractivity contribution in [1.29, 1.82) is 0 Å². The van der Waals surface area contributed by atoms with Crippen LogP contribution in [0.25, 0.3) is 0 Å². The number of anilines is 1. The van der Waals surface area contributed by atoms with Crippen LogP contribution in [0.1, 0.15) is 0 Å². The largest absolute Gasteiger partial charge is 0.351 e. The summed E-state index contributed by atoms with van der Waals surface area (Å²) in [4.78, 5) is 13.2. The van der Waals surface area contributed by atoms with Crippen molar-refractivity contribution < 1.29 is 4.79 Å². The highest BCUT2D eigenvalue weighted by Crippen LogP contribution is 2.19. The maximum absolute atomic E-state index is 11.3. The monoisotopic (exact) mass is 210 g/mol. The van der Waals surface area contributed by atoms with E-state index in [2.05, 4.69) is 5.32 Å². The standard InChI is InChI=1S/C10H11ClN2O/c11-9-10(14)12-6-7-13(9)8-4-2-1-3-5-8/h1-5,9H,6-7H2,(H,12,14). The summed E-state index contributed by atoms with van der Waals surface area (Å²) in [6.07, 6.45) is 0. The number of benzene rings is 1. The molecule has 0 aromatic heterocycles. The Balaban J connectivity index is 2.22. The summed E-state index contributed by atoms with van der Waals surface area (Å²) < 4.78 is 0. The van der Waals surface area contributed by atoms with Gasteiger partial charge in [0.05, 0.1) is 0 Å². The number of nitrogens with one attached hydrogen (secondary N) is 1. The van der Waals surface area contributed by atoms with E-state index in [1.54, 1.807) is 0 Å². The Labute approximate surface area is 87.7 Å². The predicted molar refractivity (Wildman–Crippen MR) is 56.4 cm³/mol. The number of hydrogen-bond donors (Lipinski definition) is 1. The van der Waals surface area contributed by atoms with E-state index < -0.39 is 5.50 Å². The smallest absolute Gasteiger partial charge is 0.258 e. The lowest BCUT2D eigenvalue weighted by Gasteiger charge is -2.32. The minimum absolute atomic E-state index is 0.123. The average Bonchev–Trinajstić information content (AvgIpc) is 2.23. The van der Waals surface area contributed by atoms with Gasteiger partial charge in [-0.1, -0.05) is 29.8 Å². The fourth-order valence-corrected chi connectivity index (χ4v) is 1.81. The molecule has 1 aliphatic rings. The van der Waals surface area contributed by atoms with Crippen molar-refractivity contribution in [3.8, 4) is 0 Å². The van der Waals surface area contributed by atoms with E-state index in [0.29, 0.717) is 6.54 Å². The highest BCUT2D eigenvalue weighted by atomic mass is 35.5. The van der Waals surface area contributed by atoms with Gasteiger partial charge in [0.25, 0.3) is 5.91 Å². The number of rotatable bonds is 1. The van der Waals surface area contributed by atoms with E-state index in [1.807, 2.05) is 35.2 Å². The number of piperazine rings is 1. The number of alkyl halides is 1. The second-order valence-electron chi connectivity index (χ2n) is 3.16. The molecule has 3 nitrogen and oxygen atoms in total. The number of carbonyl (C=O) groups is 1. The molecule has 1 heterocycles. The Hall–Kier alpha value is -1.22. The summed E-state index contributed by atoms with van der Waals surface area (Å²) in [6.45, 7) is 1.40. The fourth-order valence-electron chi connectivity index (χ4n) is 1.52. The molecule has 1 N–H and O–H groups in total. The van der Waals surface area contributed by atoms with E-state index >= 15 is 0 Å². The summed E-state index contributed by atoms with van der Waals surface area (Å²) >= 11 is 5.98. The van der Waals surface area contributed by atoms with Crippen molar-refractivity contribution in [1.82, 2.24) is 5.32 Å². The summed E-state index contributed by atoms with van der Waals surface area (Å²) in [6, 6.07) is 9.72. The number of para-hydroxylation sites is 1. The second-order valence-corrected chi connectivity index (χ2v) is 3.57. The van der Waals surface area contributed by atoms with Gasteiger partial charge >= 0.3 is 0 Å². The quantitative estimate of drug-likeness (QED) is 0.558. The van der Waals surface area contributed by atoms with Gasteiger partial charge in [-0.3, -0.25) is 4.79 Å². The van der Waals surface area contributed by atoms with E-state index in [-0.39, 0.29) is 5.91 Å². The fraction of sp³-hybridized carbons (Fsp3) is 0.300. The normalized spacial score (nSPS) is 21.9. The molecule has 1 aromatic carbocycles. The first-order valence-corrected chi connectivity index (χ1v) is 4.96. The number of nitrogens with zero attached hydrogens (tertiary/aromatic N) is 1. The minimum atomic E-state index is -0.592. The molecule has 4 heteroatoms. The third-order valence-corrected chi connectivity index (χ3v) is 2.66. The van der Waals surface area contributed by atoms with Gasteiger partial charge in [0.1, 0.15) is 0 Å². The van der Waals surface area contributed by atoms with E-state index in [4.69, 9.17) is 11.6 Å². The number of hydrogen-bond acceptors (Lipinski definition) is 2. The zero-order valence-electron chi connectivity index (χ0n) is 7.61. The van der Waals surface area contributed by atoms with Crippen LogP contribution >= 0.6 is 11.6 Å². The second kappa shape index (κ2) is 3.88. The van der Waals surface area contributed by atoms with Crippen LogP contribution < -0.4 is 10.2 Å². The maximum atomic E-state index is 11.3. The Bertz CT molecular complexity index is 328. The van der Waals surface area contributed by atoms with Crippen LogP contribution in [0, 0.1) is 0 Å². The SMILES string of the molecule is O=C1NCCN(c2ccccc2)C1Cl. The highest BCUT2D eigenvalue weighted by Gasteiger charge is 2.27. The van der Waals surface area contributed by atoms with Gasteiger partial charge < -0.3 is 10.2 Å². The minimum Gasteiger partial charge on any atom is -0.351 e. The van der Waals surface area contributed by atoms with Crippen LogP contribution in [0.5, 0.6) is 0 Å². The first-order chi connectivity index (χ1) is 6.79. The van der Waals surface area contributed by atoms with Gasteiger partial charge in [-0.25, -0.2) is 0 Å². The van der Waals surface area contributed by atoms with Crippen molar-refractivity contribution >= 4 is 23.2 Å². The molecule has 0 bridgehead atoms. The molecule has 14 heavy (non-hydrogen) atoms. The van der Waals surface area contributed by atoms with E-state index in [0.717, 1.165) is 12.2 Å². The lowest BCUT2D eigenvalue weighted by atomic mass is 10.2. The lowest BCUT2D eigenvalue weighted by Crippen LogP contribution is -2.52. The Kier molecular flexibility index (Phi) is 2.59. The molecule has 2 rings (SSSR count). The van der Waals surface area contributed by atoms with Gasteiger partial charge in [-0.2, -0.15) is 0 Å². The van der Waals surface area contributed by atoms with Crippen molar-refractivity contribution in [3.63, 3.8) is 0 Å². The number of amides is 1. The van der Waals surface area contributed by atoms with E-state index in [9.17, 15) is 4.79 Å². The van der Waals surface area contributed by atoms with Crippen molar-refractivity contribution in [3.05, 3.63) is 30.3 Å². The molecular formula is C10H11ClN2O. The van der Waals surface area contributed by atoms with Crippen LogP contribution in [0.2, 0.25) is 0 Å². The zero-order valence-corrected chi connectivity index (χ0v) is 8.37. The summed E-state index contributed by atoms with van der Waals surface area (Å²) in [5.41, 5.74) is 0.397. The summed E-state index contributed by atoms with van der Waals surface area (Å²) in [5, 5.41) is 2.72. The number of halogens is 1. The first-order valence-electron chi connectivity index (χ1n) is 4.52. The molecule has 1 amide bonds. The first kappa shape index (κ1) is 9.34. The third kappa shape index (κ3) is 1.68. The Morgan fingerprint density at radius 3 is 2.79 bits per heavy atom. The topological polar surface area (TPSA) is 32.3 Å². The van der Waals surface area contributed by atoms with Gasteiger partial charge in [-0.15, -0.1) is 0 Å². The molecule has 1 fully saturated rings. The van der Waals surface area contributed by atoms with Crippen LogP contribution in [-0.4, -0.2) is 24.5 Å². The molecule has 74 valence electrons. The molecule has 1 aliphatic heterocycles. The molecule has 0 spiro atoms. The van der Waals surface area contributed by atoms with Gasteiger partial charge in [0, 0.05) is 18.8 Å². The number of carbonyl (C=O) groups excluding carboxylic acids is 1. The summed E-state index contributed by atoms with van der Waals surface area (Å²) in [7, 11) is 0. The van der Waals surface area contributed by atoms with Crippen LogP contribution in [0.4, 0.5) is 5.69 Å². The maximum Gasteiger partial charge on any atom is 0.258 e. The van der Waals surface area contributed by atoms with Gasteiger partial charge in [0.15, 0.2) is 5.50 Å². The van der Waals surface area contributed by atoms with E-state index in [1.165, 1.54) is 0 Å². The summed E-state index contributed by atoms with van der Waals surface area (Å²) in [5.74, 6) is -0.123. The molecule has 1 atom stereocenters. The lowest BCUT2D eigenvalue weighted by molar-refractivity contribution is -0.121. The molecule has 0 aliphatic carbocycles. The van der Waals surface area contributed by atoms with Crippen LogP contribution in [0.15, 0.2) is 30.3 Å². The molecule has 1 unspecified atom stereocenters. The molecule has 1 aromatic rings. The third-order valence-electron chi connectivity index (χ3n) is 2.23. The molecule has 0 saturated carbocycles. The Morgan fingerprint density at radius 2 is 2.07 bits per heavy atom.